The molecule has 0 amide bonds. The molecule has 1 saturated carbocycles. The summed E-state index contributed by atoms with van der Waals surface area (Å²) in [5.41, 5.74) is 13.9. The number of nitrogens with one attached hydrogen (secondary N) is 1. The highest BCUT2D eigenvalue weighted by molar-refractivity contribution is 6.00. The van der Waals surface area contributed by atoms with E-state index in [4.69, 9.17) is 15.7 Å². The lowest BCUT2D eigenvalue weighted by Gasteiger charge is -2.41. The average molecular weight is 562 g/mol. The van der Waals surface area contributed by atoms with E-state index in [0.717, 1.165) is 51.6 Å². The van der Waals surface area contributed by atoms with Gasteiger partial charge in [-0.25, -0.2) is 19.9 Å². The highest BCUT2D eigenvalue weighted by Gasteiger charge is 2.30. The van der Waals surface area contributed by atoms with Gasteiger partial charge in [0.2, 0.25) is 5.95 Å². The van der Waals surface area contributed by atoms with Crippen LogP contribution in [0.15, 0.2) is 55.1 Å². The molecule has 0 bridgehead atoms. The second-order valence-corrected chi connectivity index (χ2v) is 12.1. The van der Waals surface area contributed by atoms with Crippen LogP contribution in [0.3, 0.4) is 0 Å². The molecule has 0 spiro atoms. The maximum Gasteiger partial charge on any atom is 0.227 e. The summed E-state index contributed by atoms with van der Waals surface area (Å²) in [6.07, 6.45) is 10.5. The van der Waals surface area contributed by atoms with Gasteiger partial charge in [0.05, 0.1) is 10.9 Å². The number of piperazine rings is 1. The first-order chi connectivity index (χ1) is 20.4. The molecule has 4 heterocycles. The van der Waals surface area contributed by atoms with E-state index in [2.05, 4.69) is 93.1 Å². The number of aromatic nitrogens is 5. The summed E-state index contributed by atoms with van der Waals surface area (Å²) < 4.78 is 2.36. The van der Waals surface area contributed by atoms with Gasteiger partial charge < -0.3 is 20.5 Å². The Kier molecular flexibility index (Phi) is 6.99. The van der Waals surface area contributed by atoms with Gasteiger partial charge in [0.25, 0.3) is 0 Å². The molecule has 1 aliphatic carbocycles. The first-order valence-corrected chi connectivity index (χ1v) is 15.1. The minimum absolute atomic E-state index is 0.415. The van der Waals surface area contributed by atoms with E-state index in [-0.39, 0.29) is 0 Å². The Morgan fingerprint density at radius 1 is 0.857 bits per heavy atom. The van der Waals surface area contributed by atoms with Gasteiger partial charge in [-0.3, -0.25) is 4.90 Å². The average Bonchev–Trinajstić information content (AvgIpc) is 3.40. The van der Waals surface area contributed by atoms with Crippen LogP contribution in [0.25, 0.3) is 33.1 Å². The normalized spacial score (nSPS) is 20.4. The van der Waals surface area contributed by atoms with Crippen molar-refractivity contribution in [2.24, 2.45) is 0 Å². The summed E-state index contributed by atoms with van der Waals surface area (Å²) in [7, 11) is 2.22. The van der Waals surface area contributed by atoms with E-state index in [1.165, 1.54) is 50.1 Å². The van der Waals surface area contributed by atoms with Gasteiger partial charge in [-0.2, -0.15) is 0 Å². The molecular weight excluding hydrogens is 522 g/mol. The molecule has 9 heteroatoms. The van der Waals surface area contributed by atoms with Gasteiger partial charge in [-0.1, -0.05) is 12.1 Å². The van der Waals surface area contributed by atoms with E-state index in [1.54, 1.807) is 6.33 Å². The molecule has 3 aromatic heterocycles. The molecule has 9 nitrogen and oxygen atoms in total. The number of nitrogen functional groups attached to an aromatic ring is 1. The fourth-order valence-electron chi connectivity index (χ4n) is 6.71. The second kappa shape index (κ2) is 11.0. The fraction of sp³-hybridized carbons (Fsp3) is 0.394. The number of hydrogen-bond acceptors (Lipinski definition) is 8. The molecule has 0 unspecified atom stereocenters. The predicted molar refractivity (Wildman–Crippen MR) is 170 cm³/mol. The number of likely N-dealkylation sites (N-methyl/N-ethyl adjacent to an activating group) is 1. The lowest BCUT2D eigenvalue weighted by atomic mass is 9.89. The largest absolute Gasteiger partial charge is 0.383 e. The molecule has 2 aromatic carbocycles. The van der Waals surface area contributed by atoms with Gasteiger partial charge in [0.15, 0.2) is 0 Å². The van der Waals surface area contributed by atoms with Crippen molar-refractivity contribution in [3.8, 4) is 11.1 Å². The van der Waals surface area contributed by atoms with Crippen LogP contribution in [0.1, 0.15) is 42.9 Å². The van der Waals surface area contributed by atoms with Crippen LogP contribution in [0, 0.1) is 13.8 Å². The zero-order valence-corrected chi connectivity index (χ0v) is 24.7. The first kappa shape index (κ1) is 26.8. The van der Waals surface area contributed by atoms with Crippen molar-refractivity contribution in [2.45, 2.75) is 51.6 Å². The van der Waals surface area contributed by atoms with Crippen LogP contribution in [0.5, 0.6) is 0 Å². The number of anilines is 3. The number of rotatable bonds is 5. The van der Waals surface area contributed by atoms with E-state index >= 15 is 0 Å². The number of fused-ring (bicyclic) bond motifs is 2. The highest BCUT2D eigenvalue weighted by Crippen LogP contribution is 2.39. The van der Waals surface area contributed by atoms with E-state index < -0.39 is 0 Å². The first-order valence-electron chi connectivity index (χ1n) is 15.1. The van der Waals surface area contributed by atoms with Crippen LogP contribution < -0.4 is 11.1 Å². The van der Waals surface area contributed by atoms with Crippen LogP contribution in [-0.4, -0.2) is 73.6 Å². The number of nitrogens with two attached hydrogens (primary N) is 1. The molecule has 3 N–H and O–H groups in total. The third-order valence-electron chi connectivity index (χ3n) is 9.40. The Balaban J connectivity index is 1.12. The smallest absolute Gasteiger partial charge is 0.227 e. The monoisotopic (exact) mass is 561 g/mol. The summed E-state index contributed by atoms with van der Waals surface area (Å²) >= 11 is 0. The Hall–Kier alpha value is -4.08. The molecule has 0 radical (unpaired) electrons. The molecule has 5 aromatic rings. The minimum Gasteiger partial charge on any atom is -0.383 e. The van der Waals surface area contributed by atoms with Crippen molar-refractivity contribution >= 4 is 39.4 Å². The summed E-state index contributed by atoms with van der Waals surface area (Å²) in [6, 6.07) is 13.7. The van der Waals surface area contributed by atoms with Crippen LogP contribution in [0.4, 0.5) is 17.5 Å². The second-order valence-electron chi connectivity index (χ2n) is 12.1. The van der Waals surface area contributed by atoms with Crippen LogP contribution >= 0.6 is 0 Å². The van der Waals surface area contributed by atoms with Crippen molar-refractivity contribution in [1.82, 2.24) is 34.3 Å². The number of hydrogen-bond donors (Lipinski definition) is 2. The molecule has 0 atom stereocenters. The topological polar surface area (TPSA) is 101 Å². The predicted octanol–water partition coefficient (Wildman–Crippen LogP) is 5.72. The molecule has 216 valence electrons. The fourth-order valence-corrected chi connectivity index (χ4v) is 6.71. The zero-order chi connectivity index (χ0) is 28.8. The highest BCUT2D eigenvalue weighted by atomic mass is 15.3. The van der Waals surface area contributed by atoms with Gasteiger partial charge in [-0.15, -0.1) is 0 Å². The maximum absolute atomic E-state index is 6.46. The third kappa shape index (κ3) is 5.07. The van der Waals surface area contributed by atoms with Crippen LogP contribution in [-0.2, 0) is 0 Å². The van der Waals surface area contributed by atoms with Crippen molar-refractivity contribution < 1.29 is 0 Å². The molecule has 1 aliphatic heterocycles. The number of nitrogens with zero attached hydrogens (tertiary/aromatic N) is 7. The van der Waals surface area contributed by atoms with Crippen molar-refractivity contribution in [3.05, 3.63) is 66.2 Å². The SMILES string of the molecule is Cc1cc2cnc(Nc3ccc(-c4cn([C@H]5CC[C@H](N6CCN(C)CC6)CC5)c5ncnc(N)c45)cc3)nc2cc1C. The molecule has 2 aliphatic rings. The molecular formula is C33H39N9. The van der Waals surface area contributed by atoms with Crippen molar-refractivity contribution in [3.63, 3.8) is 0 Å². The number of benzene rings is 2. The minimum atomic E-state index is 0.415. The summed E-state index contributed by atoms with van der Waals surface area (Å²) in [6.45, 7) is 8.93. The summed E-state index contributed by atoms with van der Waals surface area (Å²) in [5.74, 6) is 1.11. The van der Waals surface area contributed by atoms with E-state index in [0.29, 0.717) is 23.8 Å². The lowest BCUT2D eigenvalue weighted by Crippen LogP contribution is -2.49. The van der Waals surface area contributed by atoms with Gasteiger partial charge in [0, 0.05) is 67.3 Å². The molecule has 7 rings (SSSR count). The van der Waals surface area contributed by atoms with Crippen molar-refractivity contribution in [1.29, 1.82) is 0 Å². The Bertz CT molecular complexity index is 1730. The molecule has 1 saturated heterocycles. The Morgan fingerprint density at radius 3 is 2.33 bits per heavy atom. The number of aryl methyl sites for hydroxylation is 2. The van der Waals surface area contributed by atoms with E-state index in [1.807, 2.05) is 6.20 Å². The van der Waals surface area contributed by atoms with Crippen LogP contribution in [0.2, 0.25) is 0 Å². The molecule has 42 heavy (non-hydrogen) atoms. The standard InChI is InChI=1S/C33H39N9/c1-21-16-24-18-35-33(39-29(24)17-22(21)2)38-25-6-4-23(5-7-25)28-19-42(32-30(28)31(34)36-20-37-32)27-10-8-26(9-11-27)41-14-12-40(3)13-15-41/h4-7,16-20,26-27H,8-15H2,1-3H3,(H2,34,36,37)(H,35,38,39)/t26-,27-. The quantitative estimate of drug-likeness (QED) is 0.281. The Labute approximate surface area is 246 Å². The summed E-state index contributed by atoms with van der Waals surface area (Å²) in [4.78, 5) is 23.5. The lowest BCUT2D eigenvalue weighted by molar-refractivity contribution is 0.0828. The zero-order valence-electron chi connectivity index (χ0n) is 24.7. The third-order valence-corrected chi connectivity index (χ3v) is 9.40. The Morgan fingerprint density at radius 2 is 1.57 bits per heavy atom. The molecule has 2 fully saturated rings. The summed E-state index contributed by atoms with van der Waals surface area (Å²) in [5, 5.41) is 5.34. The van der Waals surface area contributed by atoms with E-state index in [9.17, 15) is 0 Å². The van der Waals surface area contributed by atoms with Crippen molar-refractivity contribution in [2.75, 3.05) is 44.3 Å². The van der Waals surface area contributed by atoms with Gasteiger partial charge in [0.1, 0.15) is 17.8 Å². The maximum atomic E-state index is 6.46. The van der Waals surface area contributed by atoms with Gasteiger partial charge in [-0.05, 0) is 87.5 Å². The van der Waals surface area contributed by atoms with Gasteiger partial charge >= 0.3 is 0 Å².